The molecule has 0 saturated carbocycles. The Kier molecular flexibility index (Phi) is 4.50. The number of hydrogen-bond donors (Lipinski definition) is 0. The van der Waals surface area contributed by atoms with Gasteiger partial charge >= 0.3 is 0 Å². The molecule has 1 aliphatic heterocycles. The minimum Gasteiger partial charge on any atom is -0.381 e. The van der Waals surface area contributed by atoms with E-state index in [1.165, 1.54) is 35.1 Å². The van der Waals surface area contributed by atoms with Gasteiger partial charge in [0.15, 0.2) is 0 Å². The standard InChI is InChI=1S/C16H23BrO/c1-12-7-13(2)15(14(3)8-12)9-16(10-17)5-4-6-18-11-16/h7-8H,4-6,9-11H2,1-3H3. The smallest absolute Gasteiger partial charge is 0.0533 e. The summed E-state index contributed by atoms with van der Waals surface area (Å²) in [4.78, 5) is 0. The van der Waals surface area contributed by atoms with Crippen LogP contribution in [0.4, 0.5) is 0 Å². The first-order valence-corrected chi connectivity index (χ1v) is 7.89. The van der Waals surface area contributed by atoms with Crippen molar-refractivity contribution in [3.05, 3.63) is 34.4 Å². The van der Waals surface area contributed by atoms with E-state index in [0.717, 1.165) is 25.0 Å². The van der Waals surface area contributed by atoms with Crippen LogP contribution in [0.25, 0.3) is 0 Å². The fraction of sp³-hybridized carbons (Fsp3) is 0.625. The summed E-state index contributed by atoms with van der Waals surface area (Å²) in [5, 5.41) is 1.03. The van der Waals surface area contributed by atoms with Crippen molar-refractivity contribution < 1.29 is 4.74 Å². The molecule has 1 atom stereocenters. The van der Waals surface area contributed by atoms with E-state index in [0.29, 0.717) is 5.41 Å². The molecule has 1 fully saturated rings. The van der Waals surface area contributed by atoms with Crippen molar-refractivity contribution in [2.75, 3.05) is 18.5 Å². The Morgan fingerprint density at radius 3 is 2.39 bits per heavy atom. The summed E-state index contributed by atoms with van der Waals surface area (Å²) in [6.07, 6.45) is 3.59. The second-order valence-corrected chi connectivity index (χ2v) is 6.40. The van der Waals surface area contributed by atoms with Crippen LogP contribution in [0.5, 0.6) is 0 Å². The zero-order valence-electron chi connectivity index (χ0n) is 11.7. The van der Waals surface area contributed by atoms with Crippen LogP contribution in [0.15, 0.2) is 12.1 Å². The number of hydrogen-bond acceptors (Lipinski definition) is 1. The molecule has 2 heteroatoms. The average molecular weight is 311 g/mol. The van der Waals surface area contributed by atoms with E-state index < -0.39 is 0 Å². The molecule has 1 saturated heterocycles. The lowest BCUT2D eigenvalue weighted by Gasteiger charge is -2.36. The number of alkyl halides is 1. The van der Waals surface area contributed by atoms with Crippen LogP contribution >= 0.6 is 15.9 Å². The first-order chi connectivity index (χ1) is 8.56. The fourth-order valence-electron chi connectivity index (χ4n) is 3.07. The number of aryl methyl sites for hydroxylation is 3. The molecular weight excluding hydrogens is 288 g/mol. The van der Waals surface area contributed by atoms with E-state index in [-0.39, 0.29) is 0 Å². The Labute approximate surface area is 119 Å². The van der Waals surface area contributed by atoms with E-state index in [2.05, 4.69) is 48.8 Å². The molecule has 1 nitrogen and oxygen atoms in total. The summed E-state index contributed by atoms with van der Waals surface area (Å²) in [7, 11) is 0. The van der Waals surface area contributed by atoms with Crippen LogP contribution in [-0.4, -0.2) is 18.5 Å². The zero-order valence-corrected chi connectivity index (χ0v) is 13.3. The molecule has 0 aromatic heterocycles. The second-order valence-electron chi connectivity index (χ2n) is 5.84. The van der Waals surface area contributed by atoms with Gasteiger partial charge in [0.2, 0.25) is 0 Å². The summed E-state index contributed by atoms with van der Waals surface area (Å²) in [6, 6.07) is 4.60. The van der Waals surface area contributed by atoms with Crippen LogP contribution in [0.3, 0.4) is 0 Å². The van der Waals surface area contributed by atoms with Crippen LogP contribution in [-0.2, 0) is 11.2 Å². The second kappa shape index (κ2) is 5.75. The predicted molar refractivity (Wildman–Crippen MR) is 80.6 cm³/mol. The Morgan fingerprint density at radius 2 is 1.89 bits per heavy atom. The first-order valence-electron chi connectivity index (χ1n) is 6.77. The molecule has 0 radical (unpaired) electrons. The predicted octanol–water partition coefficient (Wildman–Crippen LogP) is 4.35. The monoisotopic (exact) mass is 310 g/mol. The Bertz CT molecular complexity index is 396. The zero-order chi connectivity index (χ0) is 13.2. The van der Waals surface area contributed by atoms with E-state index in [1.54, 1.807) is 0 Å². The average Bonchev–Trinajstić information content (AvgIpc) is 2.35. The van der Waals surface area contributed by atoms with Gasteiger partial charge in [-0.05, 0) is 56.7 Å². The number of ether oxygens (including phenoxy) is 1. The quantitative estimate of drug-likeness (QED) is 0.754. The minimum atomic E-state index is 0.295. The van der Waals surface area contributed by atoms with Gasteiger partial charge in [-0.15, -0.1) is 0 Å². The molecule has 1 unspecified atom stereocenters. The largest absolute Gasteiger partial charge is 0.381 e. The molecular formula is C16H23BrO. The summed E-state index contributed by atoms with van der Waals surface area (Å²) in [6.45, 7) is 8.47. The Hall–Kier alpha value is -0.340. The van der Waals surface area contributed by atoms with E-state index in [1.807, 2.05) is 0 Å². The lowest BCUT2D eigenvalue weighted by atomic mass is 9.77. The van der Waals surface area contributed by atoms with E-state index in [9.17, 15) is 0 Å². The van der Waals surface area contributed by atoms with Gasteiger partial charge < -0.3 is 4.74 Å². The molecule has 0 spiro atoms. The molecule has 1 aromatic carbocycles. The highest BCUT2D eigenvalue weighted by Gasteiger charge is 2.32. The third-order valence-corrected chi connectivity index (χ3v) is 5.27. The van der Waals surface area contributed by atoms with Gasteiger partial charge in [0, 0.05) is 17.4 Å². The normalized spacial score (nSPS) is 24.2. The summed E-state index contributed by atoms with van der Waals surface area (Å²) < 4.78 is 5.72. The van der Waals surface area contributed by atoms with Gasteiger partial charge in [0.05, 0.1) is 6.61 Å². The summed E-state index contributed by atoms with van der Waals surface area (Å²) in [5.74, 6) is 0. The SMILES string of the molecule is Cc1cc(C)c(CC2(CBr)CCCOC2)c(C)c1. The minimum absolute atomic E-state index is 0.295. The van der Waals surface area contributed by atoms with E-state index in [4.69, 9.17) is 4.74 Å². The van der Waals surface area contributed by atoms with Gasteiger partial charge in [-0.25, -0.2) is 0 Å². The highest BCUT2D eigenvalue weighted by atomic mass is 79.9. The maximum atomic E-state index is 5.72. The summed E-state index contributed by atoms with van der Waals surface area (Å²) >= 11 is 3.71. The molecule has 1 aliphatic rings. The van der Waals surface area contributed by atoms with Gasteiger partial charge in [-0.2, -0.15) is 0 Å². The van der Waals surface area contributed by atoms with Crippen LogP contribution in [0.2, 0.25) is 0 Å². The molecule has 0 amide bonds. The third kappa shape index (κ3) is 2.97. The van der Waals surface area contributed by atoms with Crippen molar-refractivity contribution in [1.82, 2.24) is 0 Å². The molecule has 18 heavy (non-hydrogen) atoms. The molecule has 2 rings (SSSR count). The van der Waals surface area contributed by atoms with Crippen LogP contribution in [0.1, 0.15) is 35.1 Å². The Balaban J connectivity index is 2.27. The maximum absolute atomic E-state index is 5.72. The number of rotatable bonds is 3. The van der Waals surface area contributed by atoms with E-state index >= 15 is 0 Å². The van der Waals surface area contributed by atoms with Gasteiger partial charge in [0.1, 0.15) is 0 Å². The first kappa shape index (κ1) is 14.1. The Morgan fingerprint density at radius 1 is 1.22 bits per heavy atom. The molecule has 0 aliphatic carbocycles. The molecule has 0 N–H and O–H groups in total. The van der Waals surface area contributed by atoms with Crippen molar-refractivity contribution in [2.45, 2.75) is 40.0 Å². The van der Waals surface area contributed by atoms with Crippen molar-refractivity contribution in [3.63, 3.8) is 0 Å². The van der Waals surface area contributed by atoms with Crippen LogP contribution < -0.4 is 0 Å². The number of halogens is 1. The number of benzene rings is 1. The topological polar surface area (TPSA) is 9.23 Å². The molecule has 100 valence electrons. The third-order valence-electron chi connectivity index (χ3n) is 4.08. The van der Waals surface area contributed by atoms with Crippen LogP contribution in [0, 0.1) is 26.2 Å². The van der Waals surface area contributed by atoms with Crippen molar-refractivity contribution in [2.24, 2.45) is 5.41 Å². The van der Waals surface area contributed by atoms with Gasteiger partial charge in [-0.1, -0.05) is 33.6 Å². The summed E-state index contributed by atoms with van der Waals surface area (Å²) in [5.41, 5.74) is 6.03. The molecule has 1 aromatic rings. The molecule has 0 bridgehead atoms. The van der Waals surface area contributed by atoms with Crippen molar-refractivity contribution in [1.29, 1.82) is 0 Å². The lowest BCUT2D eigenvalue weighted by molar-refractivity contribution is 0.00602. The molecule has 1 heterocycles. The van der Waals surface area contributed by atoms with Gasteiger partial charge in [0.25, 0.3) is 0 Å². The maximum Gasteiger partial charge on any atom is 0.0533 e. The van der Waals surface area contributed by atoms with Crippen molar-refractivity contribution in [3.8, 4) is 0 Å². The highest BCUT2D eigenvalue weighted by Crippen LogP contribution is 2.36. The lowest BCUT2D eigenvalue weighted by Crippen LogP contribution is -2.36. The van der Waals surface area contributed by atoms with Gasteiger partial charge in [-0.3, -0.25) is 0 Å². The highest BCUT2D eigenvalue weighted by molar-refractivity contribution is 9.09. The fourth-order valence-corrected chi connectivity index (χ4v) is 3.71. The van der Waals surface area contributed by atoms with Crippen molar-refractivity contribution >= 4 is 15.9 Å².